The fourth-order valence-corrected chi connectivity index (χ4v) is 3.64. The number of nitrogens with zero attached hydrogens (tertiary/aromatic N) is 1. The highest BCUT2D eigenvalue weighted by atomic mass is 35.5. The summed E-state index contributed by atoms with van der Waals surface area (Å²) in [5.41, 5.74) is 3.29. The first-order chi connectivity index (χ1) is 13.6. The van der Waals surface area contributed by atoms with Gasteiger partial charge in [0.15, 0.2) is 0 Å². The SMILES string of the molecule is CCc1cccc(Cl)c1COc1ccc(C2CN(CCC(=O)O)CCO2)cc1. The lowest BCUT2D eigenvalue weighted by molar-refractivity contribution is -0.137. The van der Waals surface area contributed by atoms with Crippen molar-refractivity contribution in [1.29, 1.82) is 0 Å². The molecular weight excluding hydrogens is 378 g/mol. The van der Waals surface area contributed by atoms with Gasteiger partial charge in [0.25, 0.3) is 0 Å². The van der Waals surface area contributed by atoms with Gasteiger partial charge in [0, 0.05) is 30.2 Å². The number of aryl methyl sites for hydroxylation is 1. The van der Waals surface area contributed by atoms with E-state index in [1.165, 1.54) is 5.56 Å². The van der Waals surface area contributed by atoms with Crippen molar-refractivity contribution < 1.29 is 19.4 Å². The standard InChI is InChI=1S/C22H26ClNO4/c1-2-16-4-3-5-20(23)19(16)15-28-18-8-6-17(7-9-18)21-14-24(12-13-27-21)11-10-22(25)26/h3-9,21H,2,10-15H2,1H3,(H,25,26). The molecule has 0 radical (unpaired) electrons. The van der Waals surface area contributed by atoms with Crippen molar-refractivity contribution in [1.82, 2.24) is 4.90 Å². The van der Waals surface area contributed by atoms with E-state index in [0.29, 0.717) is 26.3 Å². The molecule has 2 aromatic carbocycles. The van der Waals surface area contributed by atoms with Gasteiger partial charge in [-0.15, -0.1) is 0 Å². The van der Waals surface area contributed by atoms with Crippen LogP contribution in [0, 0.1) is 0 Å². The monoisotopic (exact) mass is 403 g/mol. The van der Waals surface area contributed by atoms with Crippen LogP contribution in [-0.2, 0) is 22.6 Å². The summed E-state index contributed by atoms with van der Waals surface area (Å²) in [4.78, 5) is 12.9. The largest absolute Gasteiger partial charge is 0.489 e. The van der Waals surface area contributed by atoms with Gasteiger partial charge in [-0.2, -0.15) is 0 Å². The summed E-state index contributed by atoms with van der Waals surface area (Å²) >= 11 is 6.32. The van der Waals surface area contributed by atoms with E-state index in [2.05, 4.69) is 17.9 Å². The summed E-state index contributed by atoms with van der Waals surface area (Å²) in [6.07, 6.45) is 1.02. The Kier molecular flexibility index (Phi) is 7.31. The third-order valence-corrected chi connectivity index (χ3v) is 5.38. The second-order valence-electron chi connectivity index (χ2n) is 6.89. The summed E-state index contributed by atoms with van der Waals surface area (Å²) in [7, 11) is 0. The first kappa shape index (κ1) is 20.6. The van der Waals surface area contributed by atoms with Crippen LogP contribution in [0.3, 0.4) is 0 Å². The number of benzene rings is 2. The highest BCUT2D eigenvalue weighted by molar-refractivity contribution is 6.31. The van der Waals surface area contributed by atoms with E-state index in [4.69, 9.17) is 26.2 Å². The number of morpholine rings is 1. The predicted octanol–water partition coefficient (Wildman–Crippen LogP) is 4.33. The molecule has 3 rings (SSSR count). The molecule has 0 saturated carbocycles. The van der Waals surface area contributed by atoms with E-state index in [1.807, 2.05) is 36.4 Å². The van der Waals surface area contributed by atoms with Crippen molar-refractivity contribution in [3.63, 3.8) is 0 Å². The molecule has 1 unspecified atom stereocenters. The molecule has 1 fully saturated rings. The lowest BCUT2D eigenvalue weighted by atomic mass is 10.1. The Morgan fingerprint density at radius 1 is 1.29 bits per heavy atom. The van der Waals surface area contributed by atoms with E-state index >= 15 is 0 Å². The minimum atomic E-state index is -0.769. The number of halogens is 1. The molecule has 0 aromatic heterocycles. The van der Waals surface area contributed by atoms with Gasteiger partial charge in [-0.05, 0) is 35.7 Å². The maximum atomic E-state index is 10.8. The Hall–Kier alpha value is -2.08. The Morgan fingerprint density at radius 2 is 2.07 bits per heavy atom. The van der Waals surface area contributed by atoms with Crippen LogP contribution in [0.25, 0.3) is 0 Å². The fourth-order valence-electron chi connectivity index (χ4n) is 3.39. The highest BCUT2D eigenvalue weighted by Gasteiger charge is 2.22. The summed E-state index contributed by atoms with van der Waals surface area (Å²) in [6.45, 7) is 5.16. The van der Waals surface area contributed by atoms with Crippen LogP contribution in [-0.4, -0.2) is 42.2 Å². The second-order valence-corrected chi connectivity index (χ2v) is 7.30. The third kappa shape index (κ3) is 5.47. The third-order valence-electron chi connectivity index (χ3n) is 5.02. The second kappa shape index (κ2) is 9.92. The minimum absolute atomic E-state index is 0.0492. The van der Waals surface area contributed by atoms with E-state index in [0.717, 1.165) is 34.9 Å². The van der Waals surface area contributed by atoms with Gasteiger partial charge in [0.2, 0.25) is 0 Å². The molecule has 0 amide bonds. The quantitative estimate of drug-likeness (QED) is 0.710. The molecule has 1 atom stereocenters. The molecule has 6 heteroatoms. The van der Waals surface area contributed by atoms with Crippen molar-refractivity contribution >= 4 is 17.6 Å². The molecule has 0 aliphatic carbocycles. The molecule has 1 aliphatic rings. The Labute approximate surface area is 170 Å². The molecule has 1 heterocycles. The average Bonchev–Trinajstić information content (AvgIpc) is 2.72. The first-order valence-electron chi connectivity index (χ1n) is 9.61. The zero-order valence-corrected chi connectivity index (χ0v) is 16.8. The summed E-state index contributed by atoms with van der Waals surface area (Å²) < 4.78 is 11.8. The average molecular weight is 404 g/mol. The van der Waals surface area contributed by atoms with Gasteiger partial charge in [-0.3, -0.25) is 9.69 Å². The highest BCUT2D eigenvalue weighted by Crippen LogP contribution is 2.26. The maximum Gasteiger partial charge on any atom is 0.304 e. The molecule has 0 bridgehead atoms. The Morgan fingerprint density at radius 3 is 2.79 bits per heavy atom. The molecule has 1 N–H and O–H groups in total. The van der Waals surface area contributed by atoms with E-state index < -0.39 is 5.97 Å². The van der Waals surface area contributed by atoms with Crippen LogP contribution in [0.5, 0.6) is 5.75 Å². The van der Waals surface area contributed by atoms with E-state index in [-0.39, 0.29) is 12.5 Å². The number of carboxylic acids is 1. The van der Waals surface area contributed by atoms with Crippen LogP contribution < -0.4 is 4.74 Å². The molecule has 1 saturated heterocycles. The lowest BCUT2D eigenvalue weighted by Crippen LogP contribution is -2.39. The molecule has 5 nitrogen and oxygen atoms in total. The maximum absolute atomic E-state index is 10.8. The van der Waals surface area contributed by atoms with Crippen molar-refractivity contribution in [2.75, 3.05) is 26.2 Å². The van der Waals surface area contributed by atoms with Gasteiger partial charge >= 0.3 is 5.97 Å². The van der Waals surface area contributed by atoms with Gasteiger partial charge < -0.3 is 14.6 Å². The summed E-state index contributed by atoms with van der Waals surface area (Å²) in [5.74, 6) is 0.0126. The predicted molar refractivity (Wildman–Crippen MR) is 109 cm³/mol. The topological polar surface area (TPSA) is 59.0 Å². The van der Waals surface area contributed by atoms with Crippen molar-refractivity contribution in [2.45, 2.75) is 32.5 Å². The zero-order valence-electron chi connectivity index (χ0n) is 16.1. The smallest absolute Gasteiger partial charge is 0.304 e. The zero-order chi connectivity index (χ0) is 19.9. The van der Waals surface area contributed by atoms with Crippen LogP contribution >= 0.6 is 11.6 Å². The van der Waals surface area contributed by atoms with Crippen molar-refractivity contribution in [3.8, 4) is 5.75 Å². The summed E-state index contributed by atoms with van der Waals surface area (Å²) in [5, 5.41) is 9.59. The number of hydrogen-bond acceptors (Lipinski definition) is 4. The Bertz CT molecular complexity index is 794. The first-order valence-corrected chi connectivity index (χ1v) is 9.99. The van der Waals surface area contributed by atoms with Crippen molar-refractivity contribution in [2.24, 2.45) is 0 Å². The van der Waals surface area contributed by atoms with E-state index in [1.54, 1.807) is 0 Å². The number of rotatable bonds is 8. The molecule has 2 aromatic rings. The van der Waals surface area contributed by atoms with E-state index in [9.17, 15) is 4.79 Å². The molecule has 0 spiro atoms. The normalized spacial score (nSPS) is 17.4. The number of carboxylic acid groups (broad SMARTS) is 1. The Balaban J connectivity index is 1.58. The number of hydrogen-bond donors (Lipinski definition) is 1. The number of aliphatic carboxylic acids is 1. The molecular formula is C22H26ClNO4. The fraction of sp³-hybridized carbons (Fsp3) is 0.409. The number of carbonyl (C=O) groups is 1. The number of ether oxygens (including phenoxy) is 2. The minimum Gasteiger partial charge on any atom is -0.489 e. The van der Waals surface area contributed by atoms with Gasteiger partial charge in [-0.1, -0.05) is 42.8 Å². The molecule has 150 valence electrons. The lowest BCUT2D eigenvalue weighted by Gasteiger charge is -2.32. The van der Waals surface area contributed by atoms with Gasteiger partial charge in [-0.25, -0.2) is 0 Å². The molecule has 28 heavy (non-hydrogen) atoms. The van der Waals surface area contributed by atoms with Crippen LogP contribution in [0.15, 0.2) is 42.5 Å². The van der Waals surface area contributed by atoms with Crippen LogP contribution in [0.1, 0.15) is 36.1 Å². The molecule has 1 aliphatic heterocycles. The van der Waals surface area contributed by atoms with Gasteiger partial charge in [0.1, 0.15) is 12.4 Å². The summed E-state index contributed by atoms with van der Waals surface area (Å²) in [6, 6.07) is 13.8. The van der Waals surface area contributed by atoms with Crippen molar-refractivity contribution in [3.05, 3.63) is 64.2 Å². The van der Waals surface area contributed by atoms with Crippen LogP contribution in [0.2, 0.25) is 5.02 Å². The van der Waals surface area contributed by atoms with Crippen LogP contribution in [0.4, 0.5) is 0 Å². The van der Waals surface area contributed by atoms with Gasteiger partial charge in [0.05, 0.1) is 19.1 Å².